The minimum atomic E-state index is 0.354. The van der Waals surface area contributed by atoms with Crippen LogP contribution in [0, 0.1) is 18.3 Å². The lowest BCUT2D eigenvalue weighted by atomic mass is 9.54. The molecule has 2 saturated carbocycles. The van der Waals surface area contributed by atoms with E-state index in [0.717, 1.165) is 25.5 Å². The van der Waals surface area contributed by atoms with E-state index in [2.05, 4.69) is 51.9 Å². The van der Waals surface area contributed by atoms with Crippen LogP contribution in [0.2, 0.25) is 0 Å². The number of aromatic nitrogens is 1. The van der Waals surface area contributed by atoms with Crippen LogP contribution in [0.25, 0.3) is 10.9 Å². The standard InChI is InChI=1S/C23H32N4O/c1-15-6-5-7-18-19(15)16(14-26-18)8-12-25-22(24-2)27-20-17-9-13-28-21(17)23(20)10-3-4-11-23/h5-7,14,17,20-21,26H,3-4,8-13H2,1-2H3,(H2,24,25,27). The molecule has 3 fully saturated rings. The molecule has 1 aliphatic heterocycles. The number of H-pyrrole nitrogens is 1. The summed E-state index contributed by atoms with van der Waals surface area (Å²) in [6, 6.07) is 6.96. The maximum atomic E-state index is 6.11. The first-order chi connectivity index (χ1) is 13.7. The first kappa shape index (κ1) is 18.0. The molecule has 1 saturated heterocycles. The number of rotatable bonds is 4. The van der Waals surface area contributed by atoms with Gasteiger partial charge in [0.2, 0.25) is 0 Å². The van der Waals surface area contributed by atoms with Gasteiger partial charge in [-0.1, -0.05) is 25.0 Å². The van der Waals surface area contributed by atoms with Gasteiger partial charge in [0.15, 0.2) is 5.96 Å². The molecule has 3 N–H and O–H groups in total. The van der Waals surface area contributed by atoms with Crippen molar-refractivity contribution in [3.63, 3.8) is 0 Å². The van der Waals surface area contributed by atoms with Crippen molar-refractivity contribution in [3.05, 3.63) is 35.5 Å². The van der Waals surface area contributed by atoms with Gasteiger partial charge in [0.1, 0.15) is 0 Å². The maximum absolute atomic E-state index is 6.11. The molecule has 1 aromatic carbocycles. The van der Waals surface area contributed by atoms with Crippen molar-refractivity contribution >= 4 is 16.9 Å². The highest BCUT2D eigenvalue weighted by atomic mass is 16.5. The molecular formula is C23H32N4O. The number of aromatic amines is 1. The van der Waals surface area contributed by atoms with Crippen LogP contribution in [0.1, 0.15) is 43.2 Å². The molecule has 28 heavy (non-hydrogen) atoms. The van der Waals surface area contributed by atoms with E-state index >= 15 is 0 Å². The third-order valence-corrected chi connectivity index (χ3v) is 7.48. The monoisotopic (exact) mass is 380 g/mol. The van der Waals surface area contributed by atoms with E-state index < -0.39 is 0 Å². The highest BCUT2D eigenvalue weighted by Gasteiger charge is 2.65. The summed E-state index contributed by atoms with van der Waals surface area (Å²) >= 11 is 0. The van der Waals surface area contributed by atoms with E-state index in [4.69, 9.17) is 4.74 Å². The van der Waals surface area contributed by atoms with Crippen molar-refractivity contribution < 1.29 is 4.74 Å². The summed E-state index contributed by atoms with van der Waals surface area (Å²) in [6.45, 7) is 4.00. The Balaban J connectivity index is 1.22. The van der Waals surface area contributed by atoms with Crippen LogP contribution in [-0.2, 0) is 11.2 Å². The third-order valence-electron chi connectivity index (χ3n) is 7.48. The molecule has 2 aliphatic carbocycles. The van der Waals surface area contributed by atoms with Crippen LogP contribution in [-0.4, -0.2) is 43.3 Å². The van der Waals surface area contributed by atoms with Gasteiger partial charge in [0.25, 0.3) is 0 Å². The second-order valence-electron chi connectivity index (χ2n) is 8.87. The molecule has 0 bridgehead atoms. The van der Waals surface area contributed by atoms with Crippen LogP contribution >= 0.6 is 0 Å². The molecule has 5 nitrogen and oxygen atoms in total. The Bertz CT molecular complexity index is 880. The van der Waals surface area contributed by atoms with E-state index in [9.17, 15) is 0 Å². The lowest BCUT2D eigenvalue weighted by molar-refractivity contribution is -0.125. The summed E-state index contributed by atoms with van der Waals surface area (Å²) in [5, 5.41) is 8.71. The summed E-state index contributed by atoms with van der Waals surface area (Å²) in [5.74, 6) is 1.60. The molecule has 0 amide bonds. The van der Waals surface area contributed by atoms with Gasteiger partial charge in [0.05, 0.1) is 6.10 Å². The molecule has 5 heteroatoms. The minimum absolute atomic E-state index is 0.354. The van der Waals surface area contributed by atoms with Gasteiger partial charge in [-0.15, -0.1) is 0 Å². The summed E-state index contributed by atoms with van der Waals surface area (Å²) in [5.41, 5.74) is 4.28. The summed E-state index contributed by atoms with van der Waals surface area (Å²) in [4.78, 5) is 7.93. The largest absolute Gasteiger partial charge is 0.377 e. The number of guanidine groups is 1. The van der Waals surface area contributed by atoms with Crippen LogP contribution in [0.5, 0.6) is 0 Å². The predicted octanol–water partition coefficient (Wildman–Crippen LogP) is 3.53. The third kappa shape index (κ3) is 2.74. The lowest BCUT2D eigenvalue weighted by Gasteiger charge is -2.57. The summed E-state index contributed by atoms with van der Waals surface area (Å²) in [7, 11) is 1.88. The quantitative estimate of drug-likeness (QED) is 0.562. The zero-order valence-corrected chi connectivity index (χ0v) is 17.1. The number of benzene rings is 1. The van der Waals surface area contributed by atoms with Crippen LogP contribution in [0.4, 0.5) is 0 Å². The van der Waals surface area contributed by atoms with Crippen molar-refractivity contribution in [1.82, 2.24) is 15.6 Å². The molecular weight excluding hydrogens is 348 g/mol. The van der Waals surface area contributed by atoms with E-state index in [1.807, 2.05) is 7.05 Å². The Labute approximate surface area is 167 Å². The minimum Gasteiger partial charge on any atom is -0.377 e. The number of fused-ring (bicyclic) bond motifs is 3. The molecule has 0 radical (unpaired) electrons. The van der Waals surface area contributed by atoms with Gasteiger partial charge in [-0.25, -0.2) is 0 Å². The zero-order chi connectivity index (χ0) is 19.1. The Morgan fingerprint density at radius 1 is 1.32 bits per heavy atom. The molecule has 2 aromatic rings. The summed E-state index contributed by atoms with van der Waals surface area (Å²) < 4.78 is 6.11. The van der Waals surface area contributed by atoms with E-state index in [1.165, 1.54) is 54.1 Å². The van der Waals surface area contributed by atoms with E-state index in [1.54, 1.807) is 0 Å². The van der Waals surface area contributed by atoms with Crippen molar-refractivity contribution in [2.45, 2.75) is 57.6 Å². The van der Waals surface area contributed by atoms with Crippen LogP contribution in [0.15, 0.2) is 29.4 Å². The van der Waals surface area contributed by atoms with E-state index in [-0.39, 0.29) is 0 Å². The second-order valence-corrected chi connectivity index (χ2v) is 8.87. The number of nitrogens with one attached hydrogen (secondary N) is 3. The normalized spacial score (nSPS) is 28.5. The average Bonchev–Trinajstić information content (AvgIpc) is 3.43. The van der Waals surface area contributed by atoms with Crippen LogP contribution in [0.3, 0.4) is 0 Å². The highest BCUT2D eigenvalue weighted by Crippen LogP contribution is 2.60. The fraction of sp³-hybridized carbons (Fsp3) is 0.609. The molecule has 2 heterocycles. The molecule has 3 aliphatic rings. The molecule has 1 aromatic heterocycles. The first-order valence-electron chi connectivity index (χ1n) is 10.9. The molecule has 5 rings (SSSR count). The predicted molar refractivity (Wildman–Crippen MR) is 114 cm³/mol. The Morgan fingerprint density at radius 2 is 2.18 bits per heavy atom. The highest BCUT2D eigenvalue weighted by molar-refractivity contribution is 5.86. The number of hydrogen-bond donors (Lipinski definition) is 3. The molecule has 3 atom stereocenters. The van der Waals surface area contributed by atoms with E-state index in [0.29, 0.717) is 23.5 Å². The molecule has 1 spiro atoms. The van der Waals surface area contributed by atoms with Gasteiger partial charge < -0.3 is 20.4 Å². The molecule has 150 valence electrons. The van der Waals surface area contributed by atoms with Gasteiger partial charge in [-0.05, 0) is 49.8 Å². The summed E-state index contributed by atoms with van der Waals surface area (Å²) in [6.07, 6.45) is 10.1. The fourth-order valence-electron chi connectivity index (χ4n) is 6.21. The average molecular weight is 381 g/mol. The van der Waals surface area contributed by atoms with Gasteiger partial charge >= 0.3 is 0 Å². The van der Waals surface area contributed by atoms with Gasteiger partial charge in [-0.3, -0.25) is 4.99 Å². The molecule has 3 unspecified atom stereocenters. The number of nitrogens with zero attached hydrogens (tertiary/aromatic N) is 1. The van der Waals surface area contributed by atoms with Crippen molar-refractivity contribution in [2.24, 2.45) is 16.3 Å². The first-order valence-corrected chi connectivity index (χ1v) is 10.9. The van der Waals surface area contributed by atoms with Crippen molar-refractivity contribution in [1.29, 1.82) is 0 Å². The Morgan fingerprint density at radius 3 is 3.00 bits per heavy atom. The second kappa shape index (κ2) is 7.11. The van der Waals surface area contributed by atoms with Crippen molar-refractivity contribution in [3.8, 4) is 0 Å². The maximum Gasteiger partial charge on any atom is 0.191 e. The lowest BCUT2D eigenvalue weighted by Crippen LogP contribution is -2.69. The number of hydrogen-bond acceptors (Lipinski definition) is 2. The topological polar surface area (TPSA) is 61.4 Å². The smallest absolute Gasteiger partial charge is 0.191 e. The SMILES string of the molecule is CN=C(NCCc1c[nH]c2cccc(C)c12)NC1C2CCOC2C12CCCC2. The fourth-order valence-corrected chi connectivity index (χ4v) is 6.21. The van der Waals surface area contributed by atoms with Gasteiger partial charge in [0, 0.05) is 54.7 Å². The number of ether oxygens (including phenoxy) is 1. The zero-order valence-electron chi connectivity index (χ0n) is 17.1. The Kier molecular flexibility index (Phi) is 4.58. The Hall–Kier alpha value is -2.01. The number of aryl methyl sites for hydroxylation is 1. The van der Waals surface area contributed by atoms with Crippen LogP contribution < -0.4 is 10.6 Å². The van der Waals surface area contributed by atoms with Crippen molar-refractivity contribution in [2.75, 3.05) is 20.2 Å². The number of aliphatic imine (C=N–C) groups is 1. The van der Waals surface area contributed by atoms with Gasteiger partial charge in [-0.2, -0.15) is 0 Å².